The Morgan fingerprint density at radius 1 is 1.56 bits per heavy atom. The maximum atomic E-state index is 5.94. The second-order valence-electron chi connectivity index (χ2n) is 3.93. The molecule has 0 radical (unpaired) electrons. The quantitative estimate of drug-likeness (QED) is 0.806. The second-order valence-corrected chi connectivity index (χ2v) is 4.68. The topological polar surface area (TPSA) is 73.1 Å². The van der Waals surface area contributed by atoms with Gasteiger partial charge in [0.25, 0.3) is 0 Å². The first kappa shape index (κ1) is 11.8. The van der Waals surface area contributed by atoms with Crippen molar-refractivity contribution < 1.29 is 4.74 Å². The molecule has 16 heavy (non-hydrogen) atoms. The largest absolute Gasteiger partial charge is 0.376 e. The number of anilines is 1. The summed E-state index contributed by atoms with van der Waals surface area (Å²) in [6.07, 6.45) is 2.00. The van der Waals surface area contributed by atoms with Crippen LogP contribution < -0.4 is 11.1 Å². The van der Waals surface area contributed by atoms with Crippen LogP contribution in [0.1, 0.15) is 26.1 Å². The average Bonchev–Trinajstić information content (AvgIpc) is 2.73. The van der Waals surface area contributed by atoms with E-state index in [4.69, 9.17) is 10.5 Å². The lowest BCUT2D eigenvalue weighted by Crippen LogP contribution is -2.60. The van der Waals surface area contributed by atoms with E-state index in [9.17, 15) is 0 Å². The van der Waals surface area contributed by atoms with Gasteiger partial charge in [0, 0.05) is 30.6 Å². The molecule has 90 valence electrons. The highest BCUT2D eigenvalue weighted by Crippen LogP contribution is 2.26. The molecular formula is C10H18N4OS. The van der Waals surface area contributed by atoms with Crippen molar-refractivity contribution in [3.8, 4) is 0 Å². The van der Waals surface area contributed by atoms with Crippen LogP contribution in [0, 0.1) is 0 Å². The zero-order chi connectivity index (χ0) is 11.5. The van der Waals surface area contributed by atoms with Crippen molar-refractivity contribution in [2.45, 2.75) is 44.9 Å². The van der Waals surface area contributed by atoms with Crippen molar-refractivity contribution in [2.75, 3.05) is 11.9 Å². The van der Waals surface area contributed by atoms with Crippen LogP contribution in [0.2, 0.25) is 0 Å². The predicted octanol–water partition coefficient (Wildman–Crippen LogP) is 1.02. The lowest BCUT2D eigenvalue weighted by atomic mass is 9.83. The van der Waals surface area contributed by atoms with Crippen LogP contribution in [-0.2, 0) is 11.2 Å². The Balaban J connectivity index is 1.92. The van der Waals surface area contributed by atoms with E-state index in [1.165, 1.54) is 11.5 Å². The van der Waals surface area contributed by atoms with E-state index in [0.717, 1.165) is 30.4 Å². The monoisotopic (exact) mass is 242 g/mol. The summed E-state index contributed by atoms with van der Waals surface area (Å²) in [6, 6.07) is 0.336. The summed E-state index contributed by atoms with van der Waals surface area (Å²) in [5.74, 6) is 0.883. The number of aromatic nitrogens is 2. The Kier molecular flexibility index (Phi) is 3.73. The van der Waals surface area contributed by atoms with E-state index >= 15 is 0 Å². The van der Waals surface area contributed by atoms with Crippen LogP contribution in [-0.4, -0.2) is 34.2 Å². The number of ether oxygens (including phenoxy) is 1. The molecular weight excluding hydrogens is 224 g/mol. The zero-order valence-corrected chi connectivity index (χ0v) is 10.5. The standard InChI is InChI=1S/C10H18N4OS/c1-3-8-12-10(16-14-8)13-9-6(11)5-7(9)15-4-2/h6-7,9H,3-5,11H2,1-2H3,(H,12,13,14). The molecule has 0 aromatic carbocycles. The molecule has 2 rings (SSSR count). The third-order valence-electron chi connectivity index (χ3n) is 2.82. The van der Waals surface area contributed by atoms with Crippen molar-refractivity contribution in [2.24, 2.45) is 5.73 Å². The van der Waals surface area contributed by atoms with E-state index < -0.39 is 0 Å². The molecule has 1 aliphatic rings. The zero-order valence-electron chi connectivity index (χ0n) is 9.64. The number of aryl methyl sites for hydroxylation is 1. The predicted molar refractivity (Wildman–Crippen MR) is 64.7 cm³/mol. The molecule has 3 N–H and O–H groups in total. The van der Waals surface area contributed by atoms with Crippen LogP contribution in [0.4, 0.5) is 5.13 Å². The smallest absolute Gasteiger partial charge is 0.202 e. The van der Waals surface area contributed by atoms with Gasteiger partial charge in [-0.3, -0.25) is 0 Å². The highest BCUT2D eigenvalue weighted by molar-refractivity contribution is 7.09. The van der Waals surface area contributed by atoms with Gasteiger partial charge in [-0.05, 0) is 13.3 Å². The van der Waals surface area contributed by atoms with Crippen LogP contribution in [0.5, 0.6) is 0 Å². The van der Waals surface area contributed by atoms with E-state index in [2.05, 4.69) is 14.7 Å². The third-order valence-corrected chi connectivity index (χ3v) is 3.51. The molecule has 1 aliphatic carbocycles. The molecule has 5 nitrogen and oxygen atoms in total. The lowest BCUT2D eigenvalue weighted by molar-refractivity contribution is -0.0126. The number of hydrogen-bond acceptors (Lipinski definition) is 6. The SMILES string of the molecule is CCOC1CC(N)C1Nc1nc(CC)ns1. The molecule has 1 saturated carbocycles. The number of nitrogens with zero attached hydrogens (tertiary/aromatic N) is 2. The van der Waals surface area contributed by atoms with Crippen molar-refractivity contribution in [3.05, 3.63) is 5.82 Å². The summed E-state index contributed by atoms with van der Waals surface area (Å²) in [4.78, 5) is 4.36. The summed E-state index contributed by atoms with van der Waals surface area (Å²) >= 11 is 1.39. The van der Waals surface area contributed by atoms with Gasteiger partial charge in [-0.1, -0.05) is 6.92 Å². The first-order chi connectivity index (χ1) is 7.74. The van der Waals surface area contributed by atoms with Gasteiger partial charge >= 0.3 is 0 Å². The van der Waals surface area contributed by atoms with E-state index in [0.29, 0.717) is 0 Å². The van der Waals surface area contributed by atoms with Gasteiger partial charge in [0.1, 0.15) is 5.82 Å². The molecule has 0 bridgehead atoms. The Morgan fingerprint density at radius 3 is 2.94 bits per heavy atom. The first-order valence-corrected chi connectivity index (χ1v) is 6.48. The van der Waals surface area contributed by atoms with Crippen LogP contribution in [0.25, 0.3) is 0 Å². The minimum Gasteiger partial charge on any atom is -0.376 e. The molecule has 0 spiro atoms. The first-order valence-electron chi connectivity index (χ1n) is 5.70. The molecule has 0 saturated heterocycles. The summed E-state index contributed by atoms with van der Waals surface area (Å²) in [6.45, 7) is 4.77. The second kappa shape index (κ2) is 5.07. The number of nitrogens with two attached hydrogens (primary N) is 1. The number of nitrogens with one attached hydrogen (secondary N) is 1. The van der Waals surface area contributed by atoms with E-state index in [1.807, 2.05) is 13.8 Å². The molecule has 3 unspecified atom stereocenters. The van der Waals surface area contributed by atoms with Gasteiger partial charge < -0.3 is 15.8 Å². The fourth-order valence-corrected chi connectivity index (χ4v) is 2.52. The van der Waals surface area contributed by atoms with Gasteiger partial charge in [-0.2, -0.15) is 4.37 Å². The van der Waals surface area contributed by atoms with Gasteiger partial charge in [0.05, 0.1) is 12.1 Å². The van der Waals surface area contributed by atoms with Crippen molar-refractivity contribution in [3.63, 3.8) is 0 Å². The normalized spacial score (nSPS) is 28.8. The molecule has 6 heteroatoms. The van der Waals surface area contributed by atoms with E-state index in [1.54, 1.807) is 0 Å². The summed E-state index contributed by atoms with van der Waals surface area (Å²) in [5.41, 5.74) is 5.94. The molecule has 1 aromatic heterocycles. The third kappa shape index (κ3) is 2.34. The Bertz CT molecular complexity index is 341. The molecule has 0 aliphatic heterocycles. The number of rotatable bonds is 5. The van der Waals surface area contributed by atoms with Gasteiger partial charge in [-0.25, -0.2) is 4.98 Å². The lowest BCUT2D eigenvalue weighted by Gasteiger charge is -2.42. The number of hydrogen-bond donors (Lipinski definition) is 2. The average molecular weight is 242 g/mol. The summed E-state index contributed by atoms with van der Waals surface area (Å²) in [7, 11) is 0. The van der Waals surface area contributed by atoms with Crippen LogP contribution in [0.15, 0.2) is 0 Å². The van der Waals surface area contributed by atoms with Crippen LogP contribution in [0.3, 0.4) is 0 Å². The Labute approximate surface area is 99.6 Å². The van der Waals surface area contributed by atoms with Crippen molar-refractivity contribution >= 4 is 16.7 Å². The highest BCUT2D eigenvalue weighted by atomic mass is 32.1. The minimum atomic E-state index is 0.158. The molecule has 3 atom stereocenters. The minimum absolute atomic E-state index is 0.158. The van der Waals surface area contributed by atoms with Crippen molar-refractivity contribution in [1.29, 1.82) is 0 Å². The van der Waals surface area contributed by atoms with E-state index in [-0.39, 0.29) is 18.2 Å². The highest BCUT2D eigenvalue weighted by Gasteiger charge is 2.39. The molecule has 1 fully saturated rings. The molecule has 1 aromatic rings. The maximum absolute atomic E-state index is 5.94. The van der Waals surface area contributed by atoms with Gasteiger partial charge in [0.2, 0.25) is 5.13 Å². The Hall–Kier alpha value is -0.720. The van der Waals surface area contributed by atoms with Gasteiger partial charge in [-0.15, -0.1) is 0 Å². The fraction of sp³-hybridized carbons (Fsp3) is 0.800. The Morgan fingerprint density at radius 2 is 2.38 bits per heavy atom. The summed E-state index contributed by atoms with van der Waals surface area (Å²) in [5, 5.41) is 4.16. The van der Waals surface area contributed by atoms with Gasteiger partial charge in [0.15, 0.2) is 0 Å². The van der Waals surface area contributed by atoms with Crippen molar-refractivity contribution in [1.82, 2.24) is 9.36 Å². The molecule has 1 heterocycles. The fourth-order valence-electron chi connectivity index (χ4n) is 1.83. The maximum Gasteiger partial charge on any atom is 0.202 e. The summed E-state index contributed by atoms with van der Waals surface area (Å²) < 4.78 is 9.81. The molecule has 0 amide bonds. The van der Waals surface area contributed by atoms with Crippen LogP contribution >= 0.6 is 11.5 Å².